The lowest BCUT2D eigenvalue weighted by molar-refractivity contribution is 0.102. The van der Waals surface area contributed by atoms with Crippen LogP contribution in [-0.4, -0.2) is 21.9 Å². The van der Waals surface area contributed by atoms with E-state index < -0.39 is 0 Å². The average Bonchev–Trinajstić information content (AvgIpc) is 2.98. The number of benzene rings is 2. The van der Waals surface area contributed by atoms with E-state index in [4.69, 9.17) is 0 Å². The van der Waals surface area contributed by atoms with Crippen molar-refractivity contribution in [3.63, 3.8) is 0 Å². The molecule has 0 fully saturated rings. The van der Waals surface area contributed by atoms with Gasteiger partial charge in [0.15, 0.2) is 5.69 Å². The lowest BCUT2D eigenvalue weighted by Crippen LogP contribution is -2.13. The van der Waals surface area contributed by atoms with Crippen LogP contribution in [0.25, 0.3) is 5.69 Å². The van der Waals surface area contributed by atoms with Crippen molar-refractivity contribution in [1.29, 1.82) is 0 Å². The number of nitrogens with one attached hydrogen (secondary N) is 1. The van der Waals surface area contributed by atoms with Crippen LogP contribution in [0, 0.1) is 6.92 Å². The number of rotatable bonds is 4. The number of thioether (sulfide) groups is 1. The molecule has 1 aromatic heterocycles. The minimum Gasteiger partial charge on any atom is -0.320 e. The number of hydrogen-bond acceptors (Lipinski definition) is 3. The second-order valence-corrected chi connectivity index (χ2v) is 5.92. The number of anilines is 1. The molecule has 1 heterocycles. The van der Waals surface area contributed by atoms with Crippen LogP contribution >= 0.6 is 11.8 Å². The van der Waals surface area contributed by atoms with E-state index in [1.165, 1.54) is 0 Å². The zero-order chi connectivity index (χ0) is 16.2. The van der Waals surface area contributed by atoms with Crippen LogP contribution < -0.4 is 5.32 Å². The molecule has 0 saturated heterocycles. The van der Waals surface area contributed by atoms with Gasteiger partial charge in [0.1, 0.15) is 0 Å². The molecule has 0 unspecified atom stereocenters. The number of amides is 1. The Morgan fingerprint density at radius 3 is 2.52 bits per heavy atom. The van der Waals surface area contributed by atoms with E-state index in [1.54, 1.807) is 22.5 Å². The molecular weight excluding hydrogens is 306 g/mol. The Labute approximate surface area is 139 Å². The molecule has 3 aromatic rings. The lowest BCUT2D eigenvalue weighted by Gasteiger charge is -2.07. The molecule has 5 heteroatoms. The average molecular weight is 323 g/mol. The highest BCUT2D eigenvalue weighted by Gasteiger charge is 2.14. The number of aryl methyl sites for hydroxylation is 1. The Balaban J connectivity index is 1.86. The van der Waals surface area contributed by atoms with Crippen LogP contribution in [0.2, 0.25) is 0 Å². The summed E-state index contributed by atoms with van der Waals surface area (Å²) in [5, 5.41) is 7.36. The second kappa shape index (κ2) is 6.71. The number of nitrogens with zero attached hydrogens (tertiary/aromatic N) is 2. The largest absolute Gasteiger partial charge is 0.320 e. The van der Waals surface area contributed by atoms with Crippen molar-refractivity contribution in [1.82, 2.24) is 9.78 Å². The third-order valence-corrected chi connectivity index (χ3v) is 4.27. The van der Waals surface area contributed by atoms with Gasteiger partial charge in [-0.2, -0.15) is 5.10 Å². The Morgan fingerprint density at radius 2 is 1.78 bits per heavy atom. The van der Waals surface area contributed by atoms with E-state index in [1.807, 2.05) is 67.8 Å². The van der Waals surface area contributed by atoms with Gasteiger partial charge in [-0.05, 0) is 43.5 Å². The molecule has 0 radical (unpaired) electrons. The summed E-state index contributed by atoms with van der Waals surface area (Å²) in [4.78, 5) is 13.5. The first-order valence-electron chi connectivity index (χ1n) is 7.25. The molecule has 2 aromatic carbocycles. The highest BCUT2D eigenvalue weighted by Crippen LogP contribution is 2.25. The predicted octanol–water partition coefficient (Wildman–Crippen LogP) is 4.15. The standard InChI is InChI=1S/C18H17N3OS/c1-13-12-16(20-21(13)14-8-4-3-5-9-14)18(22)19-15-10-6-7-11-17(15)23-2/h3-12H,1-2H3,(H,19,22). The van der Waals surface area contributed by atoms with Crippen LogP contribution in [0.5, 0.6) is 0 Å². The molecule has 0 saturated carbocycles. The number of para-hydroxylation sites is 2. The molecule has 3 rings (SSSR count). The summed E-state index contributed by atoms with van der Waals surface area (Å²) >= 11 is 1.60. The molecule has 23 heavy (non-hydrogen) atoms. The lowest BCUT2D eigenvalue weighted by atomic mass is 10.3. The van der Waals surface area contributed by atoms with Crippen molar-refractivity contribution in [2.24, 2.45) is 0 Å². The molecule has 0 aliphatic carbocycles. The molecular formula is C18H17N3OS. The van der Waals surface area contributed by atoms with Gasteiger partial charge in [0.05, 0.1) is 11.4 Å². The fourth-order valence-corrected chi connectivity index (χ4v) is 2.90. The summed E-state index contributed by atoms with van der Waals surface area (Å²) in [5.41, 5.74) is 3.06. The van der Waals surface area contributed by atoms with Gasteiger partial charge in [0, 0.05) is 10.6 Å². The molecule has 0 atom stereocenters. The maximum Gasteiger partial charge on any atom is 0.276 e. The number of carbonyl (C=O) groups is 1. The predicted molar refractivity (Wildman–Crippen MR) is 94.5 cm³/mol. The first-order valence-corrected chi connectivity index (χ1v) is 8.48. The van der Waals surface area contributed by atoms with Crippen molar-refractivity contribution in [3.8, 4) is 5.69 Å². The van der Waals surface area contributed by atoms with E-state index in [2.05, 4.69) is 10.4 Å². The van der Waals surface area contributed by atoms with Crippen molar-refractivity contribution < 1.29 is 4.79 Å². The van der Waals surface area contributed by atoms with E-state index >= 15 is 0 Å². The summed E-state index contributed by atoms with van der Waals surface area (Å²) in [7, 11) is 0. The Bertz CT molecular complexity index is 827. The first kappa shape index (κ1) is 15.4. The van der Waals surface area contributed by atoms with Crippen molar-refractivity contribution in [3.05, 3.63) is 72.1 Å². The van der Waals surface area contributed by atoms with Gasteiger partial charge >= 0.3 is 0 Å². The van der Waals surface area contributed by atoms with Crippen LogP contribution in [0.15, 0.2) is 65.6 Å². The van der Waals surface area contributed by atoms with Gasteiger partial charge in [-0.15, -0.1) is 11.8 Å². The van der Waals surface area contributed by atoms with Gasteiger partial charge in [0.2, 0.25) is 0 Å². The molecule has 4 nitrogen and oxygen atoms in total. The summed E-state index contributed by atoms with van der Waals surface area (Å²) in [6.45, 7) is 1.94. The minimum absolute atomic E-state index is 0.204. The summed E-state index contributed by atoms with van der Waals surface area (Å²) in [6, 6.07) is 19.3. The highest BCUT2D eigenvalue weighted by atomic mass is 32.2. The second-order valence-electron chi connectivity index (χ2n) is 5.07. The summed E-state index contributed by atoms with van der Waals surface area (Å²) in [6.07, 6.45) is 1.99. The fraction of sp³-hybridized carbons (Fsp3) is 0.111. The molecule has 1 N–H and O–H groups in total. The van der Waals surface area contributed by atoms with Crippen LogP contribution in [0.4, 0.5) is 5.69 Å². The van der Waals surface area contributed by atoms with Crippen LogP contribution in [0.1, 0.15) is 16.2 Å². The topological polar surface area (TPSA) is 46.9 Å². The number of hydrogen-bond donors (Lipinski definition) is 1. The molecule has 0 bridgehead atoms. The maximum absolute atomic E-state index is 12.5. The number of carbonyl (C=O) groups excluding carboxylic acids is 1. The Kier molecular flexibility index (Phi) is 4.48. The highest BCUT2D eigenvalue weighted by molar-refractivity contribution is 7.98. The normalized spacial score (nSPS) is 10.5. The van der Waals surface area contributed by atoms with E-state index in [0.29, 0.717) is 5.69 Å². The SMILES string of the molecule is CSc1ccccc1NC(=O)c1cc(C)n(-c2ccccc2)n1. The fourth-order valence-electron chi connectivity index (χ4n) is 2.35. The van der Waals surface area contributed by atoms with E-state index in [-0.39, 0.29) is 5.91 Å². The number of aromatic nitrogens is 2. The molecule has 0 spiro atoms. The van der Waals surface area contributed by atoms with Crippen molar-refractivity contribution >= 4 is 23.4 Å². The third-order valence-electron chi connectivity index (χ3n) is 3.48. The van der Waals surface area contributed by atoms with Crippen LogP contribution in [-0.2, 0) is 0 Å². The zero-order valence-electron chi connectivity index (χ0n) is 13.0. The van der Waals surface area contributed by atoms with Crippen LogP contribution in [0.3, 0.4) is 0 Å². The van der Waals surface area contributed by atoms with E-state index in [9.17, 15) is 4.79 Å². The maximum atomic E-state index is 12.5. The monoisotopic (exact) mass is 323 g/mol. The zero-order valence-corrected chi connectivity index (χ0v) is 13.8. The Hall–Kier alpha value is -2.53. The van der Waals surface area contributed by atoms with Gasteiger partial charge in [-0.25, -0.2) is 4.68 Å². The van der Waals surface area contributed by atoms with Gasteiger partial charge in [-0.3, -0.25) is 4.79 Å². The first-order chi connectivity index (χ1) is 11.2. The summed E-state index contributed by atoms with van der Waals surface area (Å²) in [5.74, 6) is -0.204. The molecule has 1 amide bonds. The molecule has 0 aliphatic heterocycles. The van der Waals surface area contributed by atoms with E-state index in [0.717, 1.165) is 22.0 Å². The quantitative estimate of drug-likeness (QED) is 0.734. The van der Waals surface area contributed by atoms with Gasteiger partial charge in [-0.1, -0.05) is 30.3 Å². The molecule has 116 valence electrons. The smallest absolute Gasteiger partial charge is 0.276 e. The van der Waals surface area contributed by atoms with Crippen molar-refractivity contribution in [2.45, 2.75) is 11.8 Å². The third kappa shape index (κ3) is 3.29. The van der Waals surface area contributed by atoms with Gasteiger partial charge in [0.25, 0.3) is 5.91 Å². The summed E-state index contributed by atoms with van der Waals surface area (Å²) < 4.78 is 1.77. The van der Waals surface area contributed by atoms with Gasteiger partial charge < -0.3 is 5.32 Å². The molecule has 0 aliphatic rings. The minimum atomic E-state index is -0.204. The van der Waals surface area contributed by atoms with Crippen molar-refractivity contribution in [2.75, 3.05) is 11.6 Å². The Morgan fingerprint density at radius 1 is 1.09 bits per heavy atom.